The number of rotatable bonds is 5. The Hall–Kier alpha value is -1.47. The third-order valence-corrected chi connectivity index (χ3v) is 4.01. The summed E-state index contributed by atoms with van der Waals surface area (Å²) in [4.78, 5) is 12.4. The Morgan fingerprint density at radius 1 is 1.38 bits per heavy atom. The van der Waals surface area contributed by atoms with Gasteiger partial charge in [0.2, 0.25) is 5.28 Å². The molecule has 1 aliphatic carbocycles. The van der Waals surface area contributed by atoms with Crippen LogP contribution in [0.2, 0.25) is 5.28 Å². The van der Waals surface area contributed by atoms with Crippen molar-refractivity contribution in [3.63, 3.8) is 0 Å². The minimum absolute atomic E-state index is 0.00361. The lowest BCUT2D eigenvalue weighted by Gasteiger charge is -2.14. The number of aromatic nitrogens is 4. The van der Waals surface area contributed by atoms with Gasteiger partial charge in [-0.15, -0.1) is 0 Å². The van der Waals surface area contributed by atoms with Gasteiger partial charge in [0.25, 0.3) is 0 Å². The van der Waals surface area contributed by atoms with Crippen molar-refractivity contribution in [2.45, 2.75) is 38.1 Å². The number of fused-ring (bicyclic) bond motifs is 1. The molecule has 1 aliphatic rings. The van der Waals surface area contributed by atoms with E-state index in [1.165, 1.54) is 12.8 Å². The highest BCUT2D eigenvalue weighted by Crippen LogP contribution is 2.33. The molecule has 1 saturated carbocycles. The monoisotopic (exact) mass is 313 g/mol. The number of hydrogen-bond acceptors (Lipinski definition) is 5. The fourth-order valence-electron chi connectivity index (χ4n) is 2.81. The van der Waals surface area contributed by atoms with Crippen LogP contribution >= 0.6 is 11.6 Å². The number of imidazole rings is 1. The topological polar surface area (TPSA) is 67.1 Å². The lowest BCUT2D eigenvalue weighted by Crippen LogP contribution is -2.17. The van der Waals surface area contributed by atoms with Crippen LogP contribution in [0.4, 0.5) is 10.3 Å². The van der Waals surface area contributed by atoms with E-state index in [4.69, 9.17) is 16.7 Å². The van der Waals surface area contributed by atoms with E-state index in [0.29, 0.717) is 28.7 Å². The molecule has 8 heteroatoms. The predicted octanol–water partition coefficient (Wildman–Crippen LogP) is 2.67. The Morgan fingerprint density at radius 2 is 2.14 bits per heavy atom. The van der Waals surface area contributed by atoms with Crippen molar-refractivity contribution in [1.82, 2.24) is 19.5 Å². The zero-order valence-electron chi connectivity index (χ0n) is 11.5. The summed E-state index contributed by atoms with van der Waals surface area (Å²) in [7, 11) is 0. The Balaban J connectivity index is 2.01. The van der Waals surface area contributed by atoms with Gasteiger partial charge < -0.3 is 9.67 Å². The highest BCUT2D eigenvalue weighted by molar-refractivity contribution is 6.28. The van der Waals surface area contributed by atoms with Gasteiger partial charge in [-0.1, -0.05) is 17.3 Å². The quantitative estimate of drug-likeness (QED) is 0.679. The van der Waals surface area contributed by atoms with Gasteiger partial charge in [0.05, 0.1) is 12.9 Å². The number of aliphatic hydroxyl groups is 1. The smallest absolute Gasteiger partial charge is 0.226 e. The number of nitrogens with zero attached hydrogens (tertiary/aromatic N) is 5. The second kappa shape index (κ2) is 6.11. The fourth-order valence-corrected chi connectivity index (χ4v) is 2.97. The summed E-state index contributed by atoms with van der Waals surface area (Å²) in [6.07, 6.45) is 6.51. The molecule has 114 valence electrons. The molecule has 0 saturated heterocycles. The zero-order valence-corrected chi connectivity index (χ0v) is 12.3. The van der Waals surface area contributed by atoms with E-state index in [-0.39, 0.29) is 24.3 Å². The van der Waals surface area contributed by atoms with Gasteiger partial charge in [0.15, 0.2) is 17.0 Å². The minimum atomic E-state index is -0.0844. The van der Waals surface area contributed by atoms with E-state index in [9.17, 15) is 4.48 Å². The van der Waals surface area contributed by atoms with Gasteiger partial charge >= 0.3 is 0 Å². The summed E-state index contributed by atoms with van der Waals surface area (Å²) in [5, 5.41) is 9.28. The Labute approximate surface area is 126 Å². The van der Waals surface area contributed by atoms with E-state index in [1.807, 2.05) is 4.57 Å². The molecule has 0 spiro atoms. The van der Waals surface area contributed by atoms with E-state index < -0.39 is 0 Å². The van der Waals surface area contributed by atoms with Gasteiger partial charge in [-0.3, -0.25) is 0 Å². The molecular formula is C13H17ClFN5O. The molecule has 1 fully saturated rings. The van der Waals surface area contributed by atoms with Crippen LogP contribution < -0.4 is 5.12 Å². The number of hydrogen-bond donors (Lipinski definition) is 1. The van der Waals surface area contributed by atoms with Crippen molar-refractivity contribution in [3.05, 3.63) is 11.6 Å². The fraction of sp³-hybridized carbons (Fsp3) is 0.615. The summed E-state index contributed by atoms with van der Waals surface area (Å²) in [5.41, 5.74) is 0.982. The SMILES string of the molecule is OCCCN(F)c1nc(Cl)nc2c1ncn2C1CCCC1. The van der Waals surface area contributed by atoms with Crippen LogP contribution in [-0.2, 0) is 0 Å². The molecule has 0 amide bonds. The molecule has 0 atom stereocenters. The molecule has 0 unspecified atom stereocenters. The van der Waals surface area contributed by atoms with Crippen molar-refractivity contribution < 1.29 is 9.59 Å². The summed E-state index contributed by atoms with van der Waals surface area (Å²) >= 11 is 5.93. The lowest BCUT2D eigenvalue weighted by molar-refractivity contribution is 0.278. The van der Waals surface area contributed by atoms with Crippen molar-refractivity contribution in [2.75, 3.05) is 18.3 Å². The first-order valence-electron chi connectivity index (χ1n) is 7.15. The average molecular weight is 314 g/mol. The average Bonchev–Trinajstić information content (AvgIpc) is 3.12. The molecule has 2 aromatic heterocycles. The molecule has 0 aliphatic heterocycles. The van der Waals surface area contributed by atoms with Gasteiger partial charge in [-0.2, -0.15) is 15.1 Å². The van der Waals surface area contributed by atoms with Crippen molar-refractivity contribution in [1.29, 1.82) is 0 Å². The van der Waals surface area contributed by atoms with Gasteiger partial charge in [-0.05, 0) is 30.9 Å². The van der Waals surface area contributed by atoms with Gasteiger partial charge in [0, 0.05) is 12.6 Å². The predicted molar refractivity (Wildman–Crippen MR) is 78.0 cm³/mol. The summed E-state index contributed by atoms with van der Waals surface area (Å²) in [6, 6.07) is 0.347. The van der Waals surface area contributed by atoms with Gasteiger partial charge in [0.1, 0.15) is 0 Å². The van der Waals surface area contributed by atoms with E-state index >= 15 is 0 Å². The normalized spacial score (nSPS) is 16.0. The molecule has 2 aromatic rings. The maximum Gasteiger partial charge on any atom is 0.226 e. The minimum Gasteiger partial charge on any atom is -0.396 e. The largest absolute Gasteiger partial charge is 0.396 e. The first kappa shape index (κ1) is 14.5. The Morgan fingerprint density at radius 3 is 2.86 bits per heavy atom. The Bertz CT molecular complexity index is 628. The molecular weight excluding hydrogens is 297 g/mol. The lowest BCUT2D eigenvalue weighted by atomic mass is 10.2. The second-order valence-corrected chi connectivity index (χ2v) is 5.58. The molecule has 1 N–H and O–H groups in total. The summed E-state index contributed by atoms with van der Waals surface area (Å²) < 4.78 is 16.1. The van der Waals surface area contributed by atoms with E-state index in [0.717, 1.165) is 12.8 Å². The maximum atomic E-state index is 14.1. The highest BCUT2D eigenvalue weighted by Gasteiger charge is 2.23. The third kappa shape index (κ3) is 2.80. The van der Waals surface area contributed by atoms with Crippen molar-refractivity contribution in [3.8, 4) is 0 Å². The standard InChI is InChI=1S/C13H17ClFN5O/c14-13-17-11-10(12(18-13)20(15)6-3-7-21)16-8-19(11)9-4-1-2-5-9/h8-9,21H,1-7H2. The van der Waals surface area contributed by atoms with Gasteiger partial charge in [-0.25, -0.2) is 4.98 Å². The van der Waals surface area contributed by atoms with Crippen molar-refractivity contribution >= 4 is 28.6 Å². The third-order valence-electron chi connectivity index (χ3n) is 3.84. The van der Waals surface area contributed by atoms with Crippen molar-refractivity contribution in [2.24, 2.45) is 0 Å². The Kier molecular flexibility index (Phi) is 4.21. The van der Waals surface area contributed by atoms with Crippen LogP contribution in [0.15, 0.2) is 6.33 Å². The van der Waals surface area contributed by atoms with Crippen LogP contribution in [0.25, 0.3) is 11.2 Å². The summed E-state index contributed by atoms with van der Waals surface area (Å²) in [6.45, 7) is -0.0475. The molecule has 0 bridgehead atoms. The number of aliphatic hydroxyl groups excluding tert-OH is 1. The van der Waals surface area contributed by atoms with Crippen LogP contribution in [0, 0.1) is 0 Å². The second-order valence-electron chi connectivity index (χ2n) is 5.24. The van der Waals surface area contributed by atoms with Crippen LogP contribution in [0.1, 0.15) is 38.1 Å². The highest BCUT2D eigenvalue weighted by atomic mass is 35.5. The van der Waals surface area contributed by atoms with E-state index in [1.54, 1.807) is 6.33 Å². The van der Waals surface area contributed by atoms with E-state index in [2.05, 4.69) is 15.0 Å². The molecule has 21 heavy (non-hydrogen) atoms. The molecule has 0 radical (unpaired) electrons. The first-order valence-corrected chi connectivity index (χ1v) is 7.52. The zero-order chi connectivity index (χ0) is 14.8. The van der Waals surface area contributed by atoms with Crippen LogP contribution in [0.5, 0.6) is 0 Å². The molecule has 6 nitrogen and oxygen atoms in total. The maximum absolute atomic E-state index is 14.1. The molecule has 3 rings (SSSR count). The molecule has 2 heterocycles. The molecule has 0 aromatic carbocycles. The summed E-state index contributed by atoms with van der Waals surface area (Å²) in [5.74, 6) is 0.0650. The number of halogens is 2. The van der Waals surface area contributed by atoms with Crippen LogP contribution in [0.3, 0.4) is 0 Å². The van der Waals surface area contributed by atoms with Crippen LogP contribution in [-0.4, -0.2) is 37.8 Å². The first-order chi connectivity index (χ1) is 10.2. The number of anilines is 1.